The molecule has 80 heavy (non-hydrogen) atoms. The molecule has 15 rings (SSSR count). The van der Waals surface area contributed by atoms with Crippen molar-refractivity contribution in [3.05, 3.63) is 256 Å². The maximum Gasteiger partial charge on any atom is 0.161 e. The average molecular weight is 1030 g/mol. The quantitative estimate of drug-likeness (QED) is 0.131. The lowest BCUT2D eigenvalue weighted by Crippen LogP contribution is -1.95. The predicted molar refractivity (Wildman–Crippen MR) is 318 cm³/mol. The Morgan fingerprint density at radius 1 is 0.250 bits per heavy atom. The van der Waals surface area contributed by atoms with Gasteiger partial charge in [0.2, 0.25) is 0 Å². The van der Waals surface area contributed by atoms with Crippen LogP contribution in [-0.2, 0) is 0 Å². The van der Waals surface area contributed by atoms with E-state index in [1.54, 1.807) is 24.8 Å². The smallest absolute Gasteiger partial charge is 0.161 e. The van der Waals surface area contributed by atoms with Crippen LogP contribution in [0.2, 0.25) is 0 Å². The van der Waals surface area contributed by atoms with E-state index in [0.717, 1.165) is 156 Å². The number of benzene rings is 5. The standard InChI is InChI=1S/C70H42N8O2/c1-3-29-75-61(13-1)65-55(47-9-5-25-71-39-47)35-51(36-56(65)48-10-6-26-72-40-48)45-19-21-63-59(33-45)67-69(79-63)53(23-31-77-67)43-15-17-44(18-16-43)54-24-32-78-68-60-34-46(20-22-64(60)80-70(54)68)52-37-57(49-11-7-27-73-41-49)66(62-14-2-4-30-76-62)58(38-52)50-12-8-28-74-42-50/h1-42H. The monoisotopic (exact) mass is 1030 g/mol. The van der Waals surface area contributed by atoms with Crippen molar-refractivity contribution in [3.63, 3.8) is 0 Å². The molecular weight excluding hydrogens is 985 g/mol. The van der Waals surface area contributed by atoms with Gasteiger partial charge < -0.3 is 8.83 Å². The fourth-order valence-corrected chi connectivity index (χ4v) is 11.1. The molecule has 10 nitrogen and oxygen atoms in total. The van der Waals surface area contributed by atoms with Gasteiger partial charge in [-0.1, -0.05) is 72.8 Å². The molecule has 0 atom stereocenters. The molecule has 0 amide bonds. The van der Waals surface area contributed by atoms with Crippen molar-refractivity contribution in [2.75, 3.05) is 0 Å². The molecule has 0 spiro atoms. The third kappa shape index (κ3) is 8.14. The molecule has 0 aliphatic rings. The summed E-state index contributed by atoms with van der Waals surface area (Å²) in [4.78, 5) is 37.6. The third-order valence-corrected chi connectivity index (χ3v) is 14.9. The highest BCUT2D eigenvalue weighted by Crippen LogP contribution is 2.46. The van der Waals surface area contributed by atoms with Gasteiger partial charge in [0.05, 0.1) is 11.4 Å². The Morgan fingerprint density at radius 2 is 0.625 bits per heavy atom. The Morgan fingerprint density at radius 3 is 0.963 bits per heavy atom. The average Bonchev–Trinajstić information content (AvgIpc) is 4.17. The van der Waals surface area contributed by atoms with Crippen LogP contribution in [0.1, 0.15) is 0 Å². The lowest BCUT2D eigenvalue weighted by atomic mass is 9.87. The van der Waals surface area contributed by atoms with E-state index in [1.165, 1.54) is 0 Å². The number of furan rings is 2. The second kappa shape index (κ2) is 19.5. The van der Waals surface area contributed by atoms with Crippen LogP contribution in [0.4, 0.5) is 0 Å². The first-order valence-electron chi connectivity index (χ1n) is 26.2. The van der Waals surface area contributed by atoms with E-state index in [4.69, 9.17) is 28.8 Å². The Kier molecular flexibility index (Phi) is 11.3. The lowest BCUT2D eigenvalue weighted by Gasteiger charge is -2.18. The number of nitrogens with zero attached hydrogens (tertiary/aromatic N) is 8. The molecule has 5 aromatic carbocycles. The zero-order chi connectivity index (χ0) is 52.9. The molecule has 15 aromatic rings. The summed E-state index contributed by atoms with van der Waals surface area (Å²) in [5, 5.41) is 1.85. The minimum Gasteiger partial charge on any atom is -0.454 e. The molecule has 0 saturated heterocycles. The van der Waals surface area contributed by atoms with E-state index < -0.39 is 0 Å². The molecule has 0 saturated carbocycles. The van der Waals surface area contributed by atoms with Crippen LogP contribution < -0.4 is 0 Å². The predicted octanol–water partition coefficient (Wildman–Crippen LogP) is 17.3. The van der Waals surface area contributed by atoms with Crippen molar-refractivity contribution in [2.24, 2.45) is 0 Å². The zero-order valence-corrected chi connectivity index (χ0v) is 42.6. The fourth-order valence-electron chi connectivity index (χ4n) is 11.1. The fraction of sp³-hybridized carbons (Fsp3) is 0. The van der Waals surface area contributed by atoms with Gasteiger partial charge in [0.15, 0.2) is 11.2 Å². The highest BCUT2D eigenvalue weighted by molar-refractivity contribution is 6.11. The van der Waals surface area contributed by atoms with E-state index in [9.17, 15) is 0 Å². The van der Waals surface area contributed by atoms with Crippen molar-refractivity contribution < 1.29 is 8.83 Å². The molecule has 0 aliphatic heterocycles. The maximum atomic E-state index is 6.70. The van der Waals surface area contributed by atoms with E-state index in [2.05, 4.69) is 117 Å². The summed E-state index contributed by atoms with van der Waals surface area (Å²) in [7, 11) is 0. The molecule has 0 radical (unpaired) electrons. The molecule has 10 aromatic heterocycles. The first-order chi connectivity index (χ1) is 39.7. The summed E-state index contributed by atoms with van der Waals surface area (Å²) in [5.41, 5.74) is 24.2. The van der Waals surface area contributed by atoms with Crippen molar-refractivity contribution in [1.82, 2.24) is 39.9 Å². The Hall–Kier alpha value is -11.1. The number of pyridine rings is 8. The third-order valence-electron chi connectivity index (χ3n) is 14.9. The molecule has 0 aliphatic carbocycles. The zero-order valence-electron chi connectivity index (χ0n) is 42.6. The van der Waals surface area contributed by atoms with Crippen LogP contribution in [0.25, 0.3) is 156 Å². The Bertz CT molecular complexity index is 4360. The van der Waals surface area contributed by atoms with Crippen molar-refractivity contribution >= 4 is 44.1 Å². The molecule has 10 heteroatoms. The summed E-state index contributed by atoms with van der Waals surface area (Å²) in [6, 6.07) is 62.4. The molecule has 0 fully saturated rings. The van der Waals surface area contributed by atoms with E-state index in [0.29, 0.717) is 0 Å². The molecule has 0 N–H and O–H groups in total. The van der Waals surface area contributed by atoms with Gasteiger partial charge in [-0.05, 0) is 165 Å². The van der Waals surface area contributed by atoms with Gasteiger partial charge in [0.1, 0.15) is 22.2 Å². The van der Waals surface area contributed by atoms with Gasteiger partial charge in [0, 0.05) is 130 Å². The van der Waals surface area contributed by atoms with Crippen LogP contribution in [0.3, 0.4) is 0 Å². The van der Waals surface area contributed by atoms with Crippen molar-refractivity contribution in [3.8, 4) is 112 Å². The minimum absolute atomic E-state index is 0.718. The summed E-state index contributed by atoms with van der Waals surface area (Å²) in [5.74, 6) is 0. The molecular formula is C70H42N8O2. The second-order valence-electron chi connectivity index (χ2n) is 19.6. The van der Waals surface area contributed by atoms with Crippen LogP contribution in [-0.4, -0.2) is 39.9 Å². The molecule has 0 unspecified atom stereocenters. The minimum atomic E-state index is 0.718. The number of fused-ring (bicyclic) bond motifs is 6. The van der Waals surface area contributed by atoms with E-state index in [-0.39, 0.29) is 0 Å². The topological polar surface area (TPSA) is 129 Å². The van der Waals surface area contributed by atoms with Gasteiger partial charge in [-0.15, -0.1) is 0 Å². The first kappa shape index (κ1) is 46.2. The van der Waals surface area contributed by atoms with Crippen molar-refractivity contribution in [2.45, 2.75) is 0 Å². The summed E-state index contributed by atoms with van der Waals surface area (Å²) in [6.07, 6.45) is 22.2. The van der Waals surface area contributed by atoms with Crippen LogP contribution >= 0.6 is 0 Å². The number of hydrogen-bond acceptors (Lipinski definition) is 10. The Labute approximate surface area is 458 Å². The summed E-state index contributed by atoms with van der Waals surface area (Å²) < 4.78 is 13.4. The molecule has 0 bridgehead atoms. The van der Waals surface area contributed by atoms with Crippen LogP contribution in [0.5, 0.6) is 0 Å². The van der Waals surface area contributed by atoms with Gasteiger partial charge in [-0.2, -0.15) is 0 Å². The van der Waals surface area contributed by atoms with Crippen LogP contribution in [0.15, 0.2) is 265 Å². The number of rotatable bonds is 10. The number of aromatic nitrogens is 8. The van der Waals surface area contributed by atoms with Gasteiger partial charge in [0.25, 0.3) is 0 Å². The highest BCUT2D eigenvalue weighted by Gasteiger charge is 2.23. The molecule has 374 valence electrons. The summed E-state index contributed by atoms with van der Waals surface area (Å²) in [6.45, 7) is 0. The first-order valence-corrected chi connectivity index (χ1v) is 26.2. The lowest BCUT2D eigenvalue weighted by molar-refractivity contribution is 0.669. The maximum absolute atomic E-state index is 6.70. The molecule has 10 heterocycles. The highest BCUT2D eigenvalue weighted by atomic mass is 16.3. The van der Waals surface area contributed by atoms with Crippen LogP contribution in [0, 0.1) is 0 Å². The normalized spacial score (nSPS) is 11.5. The van der Waals surface area contributed by atoms with Crippen molar-refractivity contribution in [1.29, 1.82) is 0 Å². The van der Waals surface area contributed by atoms with Gasteiger partial charge in [-0.25, -0.2) is 0 Å². The Balaban J connectivity index is 0.792. The SMILES string of the molecule is c1ccc(-c2c(-c3cccnc3)cc(-c3ccc4oc5c(-c6ccc(-c7ccnc8c7oc7ccc(-c9cc(-c%10cccnc%10)c(-c%10ccccn%10)c(-c%10cccnc%10)c9)cc78)cc6)ccnc5c4c3)cc2-c2cccnc2)nc1. The van der Waals surface area contributed by atoms with E-state index >= 15 is 0 Å². The van der Waals surface area contributed by atoms with E-state index in [1.807, 2.05) is 135 Å². The second-order valence-corrected chi connectivity index (χ2v) is 19.6. The van der Waals surface area contributed by atoms with Gasteiger partial charge >= 0.3 is 0 Å². The van der Waals surface area contributed by atoms with Gasteiger partial charge in [-0.3, -0.25) is 39.9 Å². The number of hydrogen-bond donors (Lipinski definition) is 0. The largest absolute Gasteiger partial charge is 0.454 e. The summed E-state index contributed by atoms with van der Waals surface area (Å²) >= 11 is 0.